The Kier molecular flexibility index (Phi) is 4.63. The molecule has 2 rings (SSSR count). The summed E-state index contributed by atoms with van der Waals surface area (Å²) in [6, 6.07) is 7.60. The lowest BCUT2D eigenvalue weighted by atomic mass is 10.2. The quantitative estimate of drug-likeness (QED) is 0.880. The van der Waals surface area contributed by atoms with Gasteiger partial charge in [0.2, 0.25) is 5.95 Å². The Hall–Kier alpha value is -2.01. The molecule has 0 aliphatic carbocycles. The summed E-state index contributed by atoms with van der Waals surface area (Å²) in [7, 11) is 0. The highest BCUT2D eigenvalue weighted by Crippen LogP contribution is 2.25. The Bertz CT molecular complexity index is 591. The molecule has 2 aromatic rings. The van der Waals surface area contributed by atoms with Gasteiger partial charge in [-0.2, -0.15) is 4.98 Å². The lowest BCUT2D eigenvalue weighted by molar-refractivity contribution is 0.217. The van der Waals surface area contributed by atoms with E-state index >= 15 is 0 Å². The predicted molar refractivity (Wildman–Crippen MR) is 81.6 cm³/mol. The minimum absolute atomic E-state index is 0.170. The Balaban J connectivity index is 2.17. The molecule has 0 spiro atoms. The summed E-state index contributed by atoms with van der Waals surface area (Å²) in [5.74, 6) is 1.44. The molecule has 1 heterocycles. The van der Waals surface area contributed by atoms with E-state index in [2.05, 4.69) is 22.2 Å². The first-order chi connectivity index (χ1) is 9.58. The highest BCUT2D eigenvalue weighted by atomic mass is 35.5. The molecule has 0 aliphatic rings. The number of benzene rings is 1. The summed E-state index contributed by atoms with van der Waals surface area (Å²) >= 11 is 6.02. The number of aromatic nitrogens is 2. The summed E-state index contributed by atoms with van der Waals surface area (Å²) in [6.07, 6.45) is 2.58. The highest BCUT2D eigenvalue weighted by Gasteiger charge is 2.06. The van der Waals surface area contributed by atoms with Crippen molar-refractivity contribution in [1.82, 2.24) is 9.97 Å². The van der Waals surface area contributed by atoms with Crippen molar-refractivity contribution in [2.75, 3.05) is 11.1 Å². The van der Waals surface area contributed by atoms with Crippen molar-refractivity contribution in [2.24, 2.45) is 0 Å². The van der Waals surface area contributed by atoms with Crippen LogP contribution in [0, 0.1) is 0 Å². The van der Waals surface area contributed by atoms with E-state index in [1.807, 2.05) is 31.2 Å². The molecule has 5 nitrogen and oxygen atoms in total. The van der Waals surface area contributed by atoms with Crippen molar-refractivity contribution in [1.29, 1.82) is 0 Å². The van der Waals surface area contributed by atoms with Gasteiger partial charge in [0.1, 0.15) is 10.8 Å². The summed E-state index contributed by atoms with van der Waals surface area (Å²) in [4.78, 5) is 7.88. The van der Waals surface area contributed by atoms with E-state index in [9.17, 15) is 0 Å². The van der Waals surface area contributed by atoms with Gasteiger partial charge in [-0.25, -0.2) is 4.98 Å². The predicted octanol–water partition coefficient (Wildman–Crippen LogP) is 3.63. The van der Waals surface area contributed by atoms with Crippen LogP contribution in [0.2, 0.25) is 5.02 Å². The van der Waals surface area contributed by atoms with Crippen LogP contribution in [0.5, 0.6) is 5.75 Å². The normalized spacial score (nSPS) is 11.9. The van der Waals surface area contributed by atoms with Crippen LogP contribution >= 0.6 is 11.6 Å². The number of nitrogen functional groups attached to an aromatic ring is 1. The number of rotatable bonds is 5. The van der Waals surface area contributed by atoms with Crippen LogP contribution < -0.4 is 15.8 Å². The average molecular weight is 293 g/mol. The molecule has 0 saturated heterocycles. The maximum absolute atomic E-state index is 6.02. The number of nitrogens with one attached hydrogen (secondary N) is 1. The van der Waals surface area contributed by atoms with Gasteiger partial charge in [-0.15, -0.1) is 0 Å². The van der Waals surface area contributed by atoms with Gasteiger partial charge in [0, 0.05) is 11.8 Å². The van der Waals surface area contributed by atoms with Gasteiger partial charge in [-0.3, -0.25) is 0 Å². The van der Waals surface area contributed by atoms with E-state index in [4.69, 9.17) is 22.1 Å². The molecule has 6 heteroatoms. The van der Waals surface area contributed by atoms with Crippen LogP contribution in [0.4, 0.5) is 17.5 Å². The fourth-order valence-electron chi connectivity index (χ4n) is 1.57. The largest absolute Gasteiger partial charge is 0.491 e. The number of nitrogens with zero attached hydrogens (tertiary/aromatic N) is 2. The number of nitrogens with two attached hydrogens (primary N) is 1. The summed E-state index contributed by atoms with van der Waals surface area (Å²) in [6.45, 7) is 4.11. The van der Waals surface area contributed by atoms with Gasteiger partial charge in [0.05, 0.1) is 12.3 Å². The van der Waals surface area contributed by atoms with Crippen LogP contribution in [-0.4, -0.2) is 16.1 Å². The zero-order chi connectivity index (χ0) is 14.5. The van der Waals surface area contributed by atoms with Crippen molar-refractivity contribution in [3.63, 3.8) is 0 Å². The third-order valence-corrected chi connectivity index (χ3v) is 3.05. The standard InChI is InChI=1S/C14H17ClN4O/c1-3-9(2)20-11-6-4-5-10(7-11)18-13-12(15)8-17-14(16)19-13/h4-9H,3H2,1-2H3,(H3,16,17,18,19). The van der Waals surface area contributed by atoms with E-state index in [1.165, 1.54) is 6.20 Å². The third-order valence-electron chi connectivity index (χ3n) is 2.77. The Labute approximate surface area is 123 Å². The topological polar surface area (TPSA) is 73.1 Å². The molecular formula is C14H17ClN4O. The molecule has 106 valence electrons. The molecule has 20 heavy (non-hydrogen) atoms. The van der Waals surface area contributed by atoms with Crippen molar-refractivity contribution < 1.29 is 4.74 Å². The molecule has 0 fully saturated rings. The average Bonchev–Trinajstić information content (AvgIpc) is 2.43. The molecule has 0 bridgehead atoms. The molecule has 1 unspecified atom stereocenters. The molecule has 0 saturated carbocycles. The van der Waals surface area contributed by atoms with Gasteiger partial charge < -0.3 is 15.8 Å². The third kappa shape index (κ3) is 3.74. The maximum atomic E-state index is 6.02. The molecule has 0 amide bonds. The lowest BCUT2D eigenvalue weighted by Crippen LogP contribution is -2.09. The van der Waals surface area contributed by atoms with Gasteiger partial charge >= 0.3 is 0 Å². The zero-order valence-corrected chi connectivity index (χ0v) is 12.2. The number of ether oxygens (including phenoxy) is 1. The van der Waals surface area contributed by atoms with Gasteiger partial charge in [0.15, 0.2) is 5.82 Å². The van der Waals surface area contributed by atoms with Gasteiger partial charge in [-0.1, -0.05) is 24.6 Å². The monoisotopic (exact) mass is 292 g/mol. The molecule has 3 N–H and O–H groups in total. The van der Waals surface area contributed by atoms with E-state index in [0.29, 0.717) is 10.8 Å². The zero-order valence-electron chi connectivity index (χ0n) is 11.4. The summed E-state index contributed by atoms with van der Waals surface area (Å²) < 4.78 is 5.77. The number of hydrogen-bond acceptors (Lipinski definition) is 5. The van der Waals surface area contributed by atoms with Gasteiger partial charge in [0.25, 0.3) is 0 Å². The van der Waals surface area contributed by atoms with Crippen LogP contribution in [0.1, 0.15) is 20.3 Å². The van der Waals surface area contributed by atoms with Crippen LogP contribution in [0.25, 0.3) is 0 Å². The molecule has 1 atom stereocenters. The fraction of sp³-hybridized carbons (Fsp3) is 0.286. The fourth-order valence-corrected chi connectivity index (χ4v) is 1.71. The molecule has 0 radical (unpaired) electrons. The minimum Gasteiger partial charge on any atom is -0.491 e. The smallest absolute Gasteiger partial charge is 0.222 e. The second-order valence-electron chi connectivity index (χ2n) is 4.41. The first-order valence-corrected chi connectivity index (χ1v) is 6.78. The number of hydrogen-bond donors (Lipinski definition) is 2. The Morgan fingerprint density at radius 1 is 1.45 bits per heavy atom. The van der Waals surface area contributed by atoms with E-state index < -0.39 is 0 Å². The molecule has 1 aromatic carbocycles. The van der Waals surface area contributed by atoms with E-state index in [-0.39, 0.29) is 12.1 Å². The second-order valence-corrected chi connectivity index (χ2v) is 4.82. The minimum atomic E-state index is 0.170. The summed E-state index contributed by atoms with van der Waals surface area (Å²) in [5.41, 5.74) is 6.37. The second kappa shape index (κ2) is 6.43. The first kappa shape index (κ1) is 14.4. The van der Waals surface area contributed by atoms with E-state index in [1.54, 1.807) is 0 Å². The highest BCUT2D eigenvalue weighted by molar-refractivity contribution is 6.32. The van der Waals surface area contributed by atoms with Crippen LogP contribution in [0.15, 0.2) is 30.5 Å². The Morgan fingerprint density at radius 3 is 3.00 bits per heavy atom. The Morgan fingerprint density at radius 2 is 2.25 bits per heavy atom. The summed E-state index contributed by atoms with van der Waals surface area (Å²) in [5, 5.41) is 3.51. The number of halogens is 1. The van der Waals surface area contributed by atoms with Crippen molar-refractivity contribution >= 4 is 29.1 Å². The molecular weight excluding hydrogens is 276 g/mol. The van der Waals surface area contributed by atoms with Crippen molar-refractivity contribution in [3.8, 4) is 5.75 Å². The maximum Gasteiger partial charge on any atom is 0.222 e. The van der Waals surface area contributed by atoms with E-state index in [0.717, 1.165) is 17.9 Å². The molecule has 1 aromatic heterocycles. The van der Waals surface area contributed by atoms with Crippen LogP contribution in [-0.2, 0) is 0 Å². The molecule has 0 aliphatic heterocycles. The van der Waals surface area contributed by atoms with Crippen molar-refractivity contribution in [3.05, 3.63) is 35.5 Å². The number of anilines is 3. The van der Waals surface area contributed by atoms with Crippen molar-refractivity contribution in [2.45, 2.75) is 26.4 Å². The first-order valence-electron chi connectivity index (χ1n) is 6.40. The SMILES string of the molecule is CCC(C)Oc1cccc(Nc2nc(N)ncc2Cl)c1. The lowest BCUT2D eigenvalue weighted by Gasteiger charge is -2.14. The van der Waals surface area contributed by atoms with Gasteiger partial charge in [-0.05, 0) is 25.5 Å². The van der Waals surface area contributed by atoms with Crippen LogP contribution in [0.3, 0.4) is 0 Å².